The smallest absolute Gasteiger partial charge is 0.260 e. The number of likely N-dealkylation sites (tertiary alicyclic amines) is 1. The molecule has 0 spiro atoms. The van der Waals surface area contributed by atoms with Gasteiger partial charge in [-0.3, -0.25) is 14.4 Å². The van der Waals surface area contributed by atoms with Crippen molar-refractivity contribution in [2.75, 3.05) is 31.1 Å². The van der Waals surface area contributed by atoms with Crippen LogP contribution in [0.15, 0.2) is 41.8 Å². The van der Waals surface area contributed by atoms with Crippen molar-refractivity contribution in [2.24, 2.45) is 5.92 Å². The summed E-state index contributed by atoms with van der Waals surface area (Å²) in [5.74, 6) is 0.0705. The first-order chi connectivity index (χ1) is 14.6. The number of nitrogens with zero attached hydrogens (tertiary/aromatic N) is 2. The third-order valence-electron chi connectivity index (χ3n) is 5.48. The second-order valence-corrected chi connectivity index (χ2v) is 8.61. The van der Waals surface area contributed by atoms with E-state index in [9.17, 15) is 14.4 Å². The normalized spacial score (nSPS) is 18.7. The Balaban J connectivity index is 1.28. The fraction of sp³-hybridized carbons (Fsp3) is 0.409. The van der Waals surface area contributed by atoms with Crippen LogP contribution in [0.2, 0.25) is 0 Å². The molecule has 3 amide bonds. The van der Waals surface area contributed by atoms with E-state index in [-0.39, 0.29) is 36.7 Å². The van der Waals surface area contributed by atoms with Gasteiger partial charge >= 0.3 is 0 Å². The van der Waals surface area contributed by atoms with Crippen LogP contribution in [-0.2, 0) is 20.9 Å². The molecule has 0 radical (unpaired) electrons. The number of amides is 3. The molecule has 2 saturated heterocycles. The standard InChI is InChI=1S/C22H25N3O4S/c26-20-12-16(22(28)23-13-19-4-3-11-30-19)14-25(20)17-5-7-18(8-6-17)29-15-21(27)24-9-1-2-10-24/h3-8,11,16H,1-2,9-10,12-15H2,(H,23,28)/t16-/m1/s1. The van der Waals surface area contributed by atoms with Gasteiger partial charge < -0.3 is 19.9 Å². The Bertz CT molecular complexity index is 892. The number of nitrogens with one attached hydrogen (secondary N) is 1. The number of carbonyl (C=O) groups is 3. The first-order valence-corrected chi connectivity index (χ1v) is 11.1. The molecule has 3 heterocycles. The summed E-state index contributed by atoms with van der Waals surface area (Å²) in [6, 6.07) is 11.0. The topological polar surface area (TPSA) is 79.0 Å². The maximum Gasteiger partial charge on any atom is 0.260 e. The maximum absolute atomic E-state index is 12.4. The number of benzene rings is 1. The summed E-state index contributed by atoms with van der Waals surface area (Å²) in [7, 11) is 0. The minimum atomic E-state index is -0.355. The van der Waals surface area contributed by atoms with E-state index in [2.05, 4.69) is 5.32 Å². The van der Waals surface area contributed by atoms with Gasteiger partial charge in [-0.25, -0.2) is 0 Å². The molecule has 1 aromatic carbocycles. The molecule has 1 aromatic heterocycles. The van der Waals surface area contributed by atoms with Crippen LogP contribution in [0.25, 0.3) is 0 Å². The van der Waals surface area contributed by atoms with Crippen LogP contribution < -0.4 is 15.0 Å². The number of hydrogen-bond acceptors (Lipinski definition) is 5. The quantitative estimate of drug-likeness (QED) is 0.736. The van der Waals surface area contributed by atoms with Crippen LogP contribution in [0.1, 0.15) is 24.1 Å². The average Bonchev–Trinajstić information content (AvgIpc) is 3.52. The van der Waals surface area contributed by atoms with Crippen LogP contribution in [0.4, 0.5) is 5.69 Å². The summed E-state index contributed by atoms with van der Waals surface area (Å²) < 4.78 is 5.59. The van der Waals surface area contributed by atoms with Gasteiger partial charge in [0.1, 0.15) is 5.75 Å². The van der Waals surface area contributed by atoms with Gasteiger partial charge in [-0.05, 0) is 48.6 Å². The molecule has 2 aromatic rings. The number of ether oxygens (including phenoxy) is 1. The van der Waals surface area contributed by atoms with Crippen LogP contribution in [0, 0.1) is 5.92 Å². The number of hydrogen-bond donors (Lipinski definition) is 1. The zero-order valence-corrected chi connectivity index (χ0v) is 17.5. The molecule has 8 heteroatoms. The monoisotopic (exact) mass is 427 g/mol. The third-order valence-corrected chi connectivity index (χ3v) is 6.36. The summed E-state index contributed by atoms with van der Waals surface area (Å²) in [5, 5.41) is 4.89. The van der Waals surface area contributed by atoms with Crippen LogP contribution >= 0.6 is 11.3 Å². The molecule has 4 rings (SSSR count). The van der Waals surface area contributed by atoms with Crippen LogP contribution in [-0.4, -0.2) is 48.9 Å². The van der Waals surface area contributed by atoms with Crippen molar-refractivity contribution < 1.29 is 19.1 Å². The molecular formula is C22H25N3O4S. The molecule has 0 bridgehead atoms. The molecule has 158 valence electrons. The lowest BCUT2D eigenvalue weighted by Gasteiger charge is -2.18. The molecule has 0 unspecified atom stereocenters. The lowest BCUT2D eigenvalue weighted by Crippen LogP contribution is -2.32. The number of rotatable bonds is 7. The Kier molecular flexibility index (Phi) is 6.32. The van der Waals surface area contributed by atoms with E-state index in [1.807, 2.05) is 22.4 Å². The van der Waals surface area contributed by atoms with Crippen molar-refractivity contribution in [3.05, 3.63) is 46.7 Å². The van der Waals surface area contributed by atoms with Gasteiger partial charge in [-0.1, -0.05) is 6.07 Å². The fourth-order valence-corrected chi connectivity index (χ4v) is 4.43. The summed E-state index contributed by atoms with van der Waals surface area (Å²) >= 11 is 1.59. The van der Waals surface area contributed by atoms with E-state index in [1.54, 1.807) is 40.5 Å². The number of anilines is 1. The van der Waals surface area contributed by atoms with Gasteiger partial charge in [0.05, 0.1) is 12.5 Å². The predicted molar refractivity (Wildman–Crippen MR) is 114 cm³/mol. The predicted octanol–water partition coefficient (Wildman–Crippen LogP) is 2.42. The minimum Gasteiger partial charge on any atom is -0.484 e. The highest BCUT2D eigenvalue weighted by atomic mass is 32.1. The Labute approximate surface area is 179 Å². The molecule has 1 atom stereocenters. The molecule has 7 nitrogen and oxygen atoms in total. The lowest BCUT2D eigenvalue weighted by molar-refractivity contribution is -0.132. The highest BCUT2D eigenvalue weighted by Crippen LogP contribution is 2.27. The highest BCUT2D eigenvalue weighted by molar-refractivity contribution is 7.09. The zero-order valence-electron chi connectivity index (χ0n) is 16.7. The Morgan fingerprint density at radius 3 is 2.60 bits per heavy atom. The summed E-state index contributed by atoms with van der Waals surface area (Å²) in [5.41, 5.74) is 0.728. The van der Waals surface area contributed by atoms with Gasteiger partial charge in [0.15, 0.2) is 6.61 Å². The average molecular weight is 428 g/mol. The third kappa shape index (κ3) is 4.81. The van der Waals surface area contributed by atoms with Crippen molar-refractivity contribution in [1.29, 1.82) is 0 Å². The molecular weight excluding hydrogens is 402 g/mol. The summed E-state index contributed by atoms with van der Waals surface area (Å²) in [6.45, 7) is 2.49. The van der Waals surface area contributed by atoms with Crippen molar-refractivity contribution in [1.82, 2.24) is 10.2 Å². The van der Waals surface area contributed by atoms with Crippen molar-refractivity contribution in [3.63, 3.8) is 0 Å². The van der Waals surface area contributed by atoms with Gasteiger partial charge in [0.25, 0.3) is 5.91 Å². The minimum absolute atomic E-state index is 0.00250. The van der Waals surface area contributed by atoms with E-state index in [0.29, 0.717) is 18.8 Å². The van der Waals surface area contributed by atoms with E-state index in [1.165, 1.54) is 0 Å². The molecule has 30 heavy (non-hydrogen) atoms. The SMILES string of the molecule is O=C(NCc1cccs1)[C@@H]1CC(=O)N(c2ccc(OCC(=O)N3CCCC3)cc2)C1. The van der Waals surface area contributed by atoms with Crippen LogP contribution in [0.5, 0.6) is 5.75 Å². The Morgan fingerprint density at radius 1 is 1.13 bits per heavy atom. The second-order valence-electron chi connectivity index (χ2n) is 7.57. The van der Waals surface area contributed by atoms with E-state index >= 15 is 0 Å². The molecule has 2 fully saturated rings. The number of thiophene rings is 1. The van der Waals surface area contributed by atoms with E-state index in [4.69, 9.17) is 4.74 Å². The molecule has 2 aliphatic rings. The zero-order chi connectivity index (χ0) is 20.9. The van der Waals surface area contributed by atoms with Crippen molar-refractivity contribution in [2.45, 2.75) is 25.8 Å². The first kappa shape index (κ1) is 20.4. The maximum atomic E-state index is 12.4. The van der Waals surface area contributed by atoms with Gasteiger partial charge in [-0.2, -0.15) is 0 Å². The molecule has 0 aliphatic carbocycles. The Hall–Kier alpha value is -2.87. The second kappa shape index (κ2) is 9.30. The molecule has 2 aliphatic heterocycles. The summed E-state index contributed by atoms with van der Waals surface area (Å²) in [4.78, 5) is 41.5. The van der Waals surface area contributed by atoms with Gasteiger partial charge in [0, 0.05) is 36.6 Å². The molecule has 1 N–H and O–H groups in total. The van der Waals surface area contributed by atoms with Crippen molar-refractivity contribution >= 4 is 34.7 Å². The van der Waals surface area contributed by atoms with Gasteiger partial charge in [-0.15, -0.1) is 11.3 Å². The van der Waals surface area contributed by atoms with E-state index < -0.39 is 0 Å². The highest BCUT2D eigenvalue weighted by Gasteiger charge is 2.35. The lowest BCUT2D eigenvalue weighted by atomic mass is 10.1. The first-order valence-electron chi connectivity index (χ1n) is 10.2. The van der Waals surface area contributed by atoms with Gasteiger partial charge in [0.2, 0.25) is 11.8 Å². The van der Waals surface area contributed by atoms with Crippen molar-refractivity contribution in [3.8, 4) is 5.75 Å². The fourth-order valence-electron chi connectivity index (χ4n) is 3.79. The largest absolute Gasteiger partial charge is 0.484 e. The summed E-state index contributed by atoms with van der Waals surface area (Å²) in [6.07, 6.45) is 2.31. The number of carbonyl (C=O) groups excluding carboxylic acids is 3. The molecule has 0 saturated carbocycles. The van der Waals surface area contributed by atoms with Crippen LogP contribution in [0.3, 0.4) is 0 Å². The van der Waals surface area contributed by atoms with E-state index in [0.717, 1.165) is 36.5 Å². The Morgan fingerprint density at radius 2 is 1.90 bits per heavy atom.